The molecule has 1 aromatic heterocycles. The van der Waals surface area contributed by atoms with Crippen molar-refractivity contribution in [2.24, 2.45) is 5.73 Å². The fourth-order valence-corrected chi connectivity index (χ4v) is 3.62. The van der Waals surface area contributed by atoms with Crippen LogP contribution in [0.2, 0.25) is 0 Å². The summed E-state index contributed by atoms with van der Waals surface area (Å²) < 4.78 is 10.3. The number of rotatable bonds is 5. The van der Waals surface area contributed by atoms with Crippen LogP contribution < -0.4 is 10.5 Å². The topological polar surface area (TPSA) is 91.5 Å². The van der Waals surface area contributed by atoms with E-state index in [-0.39, 0.29) is 0 Å². The molecule has 0 spiro atoms. The van der Waals surface area contributed by atoms with Crippen LogP contribution in [0.1, 0.15) is 33.6 Å². The molecule has 6 heteroatoms. The quantitative estimate of drug-likeness (QED) is 0.677. The fraction of sp³-hybridized carbons (Fsp3) is 0.174. The molecule has 6 nitrogen and oxygen atoms in total. The van der Waals surface area contributed by atoms with Gasteiger partial charge in [0, 0.05) is 5.39 Å². The molecule has 0 aliphatic heterocycles. The summed E-state index contributed by atoms with van der Waals surface area (Å²) in [6, 6.07) is 15.2. The number of aromatic nitrogens is 1. The Hall–Kier alpha value is -3.67. The highest BCUT2D eigenvalue weighted by molar-refractivity contribution is 6.07. The number of benzene rings is 2. The number of primary amides is 1. The summed E-state index contributed by atoms with van der Waals surface area (Å²) in [5.41, 5.74) is 10.0. The average Bonchev–Trinajstić information content (AvgIpc) is 3.12. The lowest BCUT2D eigenvalue weighted by atomic mass is 10.0. The normalized spacial score (nSPS) is 14.0. The van der Waals surface area contributed by atoms with E-state index in [1.165, 1.54) is 0 Å². The van der Waals surface area contributed by atoms with Crippen LogP contribution >= 0.6 is 0 Å². The van der Waals surface area contributed by atoms with Gasteiger partial charge >= 0.3 is 5.97 Å². The molecule has 4 rings (SSSR count). The van der Waals surface area contributed by atoms with Crippen molar-refractivity contribution >= 4 is 34.4 Å². The Morgan fingerprint density at radius 3 is 2.59 bits per heavy atom. The first kappa shape index (κ1) is 18.7. The van der Waals surface area contributed by atoms with Crippen molar-refractivity contribution in [3.63, 3.8) is 0 Å². The number of nitrogens with two attached hydrogens (primary N) is 1. The standard InChI is InChI=1S/C23H20N2O4/c1-28-16-9-6-14(7-10-16)12-15-8-11-18-21(23(27)29-13-20(24)26)17-4-2-3-5-19(17)25-22(15)18/h2-7,9-10,12H,8,11,13H2,1H3,(H2,24,26)/b15-12+. The van der Waals surface area contributed by atoms with Gasteiger partial charge in [0.05, 0.1) is 23.9 Å². The Kier molecular flexibility index (Phi) is 4.99. The maximum Gasteiger partial charge on any atom is 0.339 e. The van der Waals surface area contributed by atoms with Crippen molar-refractivity contribution in [3.8, 4) is 5.75 Å². The highest BCUT2D eigenvalue weighted by atomic mass is 16.5. The zero-order valence-corrected chi connectivity index (χ0v) is 16.0. The summed E-state index contributed by atoms with van der Waals surface area (Å²) in [5, 5.41) is 0.714. The van der Waals surface area contributed by atoms with Gasteiger partial charge in [-0.3, -0.25) is 4.79 Å². The molecular weight excluding hydrogens is 368 g/mol. The number of allylic oxidation sites excluding steroid dienone is 1. The molecule has 1 aliphatic rings. The minimum Gasteiger partial charge on any atom is -0.497 e. The van der Waals surface area contributed by atoms with E-state index < -0.39 is 18.5 Å². The second-order valence-electron chi connectivity index (χ2n) is 6.82. The zero-order valence-electron chi connectivity index (χ0n) is 16.0. The van der Waals surface area contributed by atoms with Crippen LogP contribution in [-0.4, -0.2) is 30.6 Å². The predicted molar refractivity (Wildman–Crippen MR) is 110 cm³/mol. The Labute approximate surface area is 168 Å². The number of hydrogen-bond acceptors (Lipinski definition) is 5. The number of ether oxygens (including phenoxy) is 2. The van der Waals surface area contributed by atoms with Crippen LogP contribution in [-0.2, 0) is 16.0 Å². The number of hydrogen-bond donors (Lipinski definition) is 1. The van der Waals surface area contributed by atoms with Gasteiger partial charge in [-0.15, -0.1) is 0 Å². The van der Waals surface area contributed by atoms with E-state index in [0.717, 1.165) is 34.6 Å². The molecule has 1 amide bonds. The van der Waals surface area contributed by atoms with Crippen LogP contribution in [0.5, 0.6) is 5.75 Å². The lowest BCUT2D eigenvalue weighted by molar-refractivity contribution is -0.121. The fourth-order valence-electron chi connectivity index (χ4n) is 3.62. The number of nitrogens with zero attached hydrogens (tertiary/aromatic N) is 1. The first-order chi connectivity index (χ1) is 14.1. The van der Waals surface area contributed by atoms with Crippen LogP contribution in [0, 0.1) is 0 Å². The molecule has 1 heterocycles. The van der Waals surface area contributed by atoms with E-state index in [2.05, 4.69) is 6.08 Å². The maximum atomic E-state index is 12.8. The van der Waals surface area contributed by atoms with Gasteiger partial charge < -0.3 is 15.2 Å². The first-order valence-corrected chi connectivity index (χ1v) is 9.29. The molecule has 0 unspecified atom stereocenters. The first-order valence-electron chi connectivity index (χ1n) is 9.29. The van der Waals surface area contributed by atoms with Gasteiger partial charge in [0.2, 0.25) is 0 Å². The minimum absolute atomic E-state index is 0.446. The van der Waals surface area contributed by atoms with Crippen LogP contribution in [0.4, 0.5) is 0 Å². The molecule has 0 radical (unpaired) electrons. The van der Waals surface area contributed by atoms with E-state index in [0.29, 0.717) is 22.9 Å². The second-order valence-corrected chi connectivity index (χ2v) is 6.82. The summed E-state index contributed by atoms with van der Waals surface area (Å²) in [7, 11) is 1.63. The van der Waals surface area contributed by atoms with E-state index in [1.54, 1.807) is 7.11 Å². The molecule has 2 N–H and O–H groups in total. The Bertz CT molecular complexity index is 1130. The molecule has 2 aromatic carbocycles. The predicted octanol–water partition coefficient (Wildman–Crippen LogP) is 3.37. The third-order valence-electron chi connectivity index (χ3n) is 4.95. The number of carbonyl (C=O) groups excluding carboxylic acids is 2. The Morgan fingerprint density at radius 1 is 1.10 bits per heavy atom. The van der Waals surface area contributed by atoms with Crippen molar-refractivity contribution in [1.29, 1.82) is 0 Å². The molecule has 0 bridgehead atoms. The molecule has 146 valence electrons. The third kappa shape index (κ3) is 3.69. The summed E-state index contributed by atoms with van der Waals surface area (Å²) >= 11 is 0. The Morgan fingerprint density at radius 2 is 1.86 bits per heavy atom. The van der Waals surface area contributed by atoms with Gasteiger partial charge in [0.25, 0.3) is 5.91 Å². The molecular formula is C23H20N2O4. The molecule has 0 saturated carbocycles. The SMILES string of the molecule is COc1ccc(/C=C2\CCc3c2nc2ccccc2c3C(=O)OCC(N)=O)cc1. The van der Waals surface area contributed by atoms with Gasteiger partial charge in [-0.25, -0.2) is 9.78 Å². The van der Waals surface area contributed by atoms with Gasteiger partial charge in [-0.1, -0.05) is 30.3 Å². The largest absolute Gasteiger partial charge is 0.497 e. The summed E-state index contributed by atoms with van der Waals surface area (Å²) in [5.74, 6) is -0.444. The number of amides is 1. The molecule has 0 saturated heterocycles. The smallest absolute Gasteiger partial charge is 0.339 e. The van der Waals surface area contributed by atoms with Gasteiger partial charge in [0.15, 0.2) is 6.61 Å². The van der Waals surface area contributed by atoms with Crippen molar-refractivity contribution in [1.82, 2.24) is 4.98 Å². The average molecular weight is 388 g/mol. The van der Waals surface area contributed by atoms with Crippen molar-refractivity contribution < 1.29 is 19.1 Å². The highest BCUT2D eigenvalue weighted by Crippen LogP contribution is 2.37. The lowest BCUT2D eigenvalue weighted by Gasteiger charge is -2.12. The molecule has 1 aliphatic carbocycles. The summed E-state index contributed by atoms with van der Waals surface area (Å²) in [6.45, 7) is -0.446. The van der Waals surface area contributed by atoms with E-state index in [4.69, 9.17) is 20.2 Å². The van der Waals surface area contributed by atoms with E-state index in [1.807, 2.05) is 48.5 Å². The number of fused-ring (bicyclic) bond motifs is 2. The van der Waals surface area contributed by atoms with Gasteiger partial charge in [-0.05, 0) is 53.8 Å². The number of pyridine rings is 1. The van der Waals surface area contributed by atoms with Crippen molar-refractivity contribution in [2.75, 3.05) is 13.7 Å². The monoisotopic (exact) mass is 388 g/mol. The Balaban J connectivity index is 1.80. The lowest BCUT2D eigenvalue weighted by Crippen LogP contribution is -2.21. The number of carbonyl (C=O) groups is 2. The minimum atomic E-state index is -0.687. The number of esters is 1. The maximum absolute atomic E-state index is 12.8. The van der Waals surface area contributed by atoms with Crippen LogP contribution in [0.25, 0.3) is 22.6 Å². The van der Waals surface area contributed by atoms with Gasteiger partial charge in [0.1, 0.15) is 5.75 Å². The van der Waals surface area contributed by atoms with Crippen molar-refractivity contribution in [2.45, 2.75) is 12.8 Å². The molecule has 3 aromatic rings. The second kappa shape index (κ2) is 7.75. The molecule has 0 fully saturated rings. The van der Waals surface area contributed by atoms with E-state index >= 15 is 0 Å². The van der Waals surface area contributed by atoms with Crippen LogP contribution in [0.3, 0.4) is 0 Å². The third-order valence-corrected chi connectivity index (χ3v) is 4.95. The summed E-state index contributed by atoms with van der Waals surface area (Å²) in [6.07, 6.45) is 3.52. The number of methoxy groups -OCH3 is 1. The van der Waals surface area contributed by atoms with E-state index in [9.17, 15) is 9.59 Å². The van der Waals surface area contributed by atoms with Crippen LogP contribution in [0.15, 0.2) is 48.5 Å². The molecule has 29 heavy (non-hydrogen) atoms. The van der Waals surface area contributed by atoms with Gasteiger partial charge in [-0.2, -0.15) is 0 Å². The van der Waals surface area contributed by atoms with Crippen molar-refractivity contribution in [3.05, 3.63) is 70.9 Å². The summed E-state index contributed by atoms with van der Waals surface area (Å²) in [4.78, 5) is 28.6. The highest BCUT2D eigenvalue weighted by Gasteiger charge is 2.27. The zero-order chi connectivity index (χ0) is 20.4. The molecule has 0 atom stereocenters. The number of para-hydroxylation sites is 1.